The molecule has 5 heteroatoms. The molecule has 0 spiro atoms. The quantitative estimate of drug-likeness (QED) is 0.837. The minimum atomic E-state index is -0.0149. The molecule has 1 aliphatic rings. The van der Waals surface area contributed by atoms with Gasteiger partial charge in [-0.05, 0) is 43.1 Å². The number of nitrogens with one attached hydrogen (secondary N) is 1. The maximum atomic E-state index is 11.9. The molecule has 4 nitrogen and oxygen atoms in total. The Kier molecular flexibility index (Phi) is 4.82. The lowest BCUT2D eigenvalue weighted by Gasteiger charge is -2.34. The van der Waals surface area contributed by atoms with E-state index in [2.05, 4.69) is 32.2 Å². The van der Waals surface area contributed by atoms with E-state index in [0.717, 1.165) is 48.1 Å². The Balaban J connectivity index is 2.12. The van der Waals surface area contributed by atoms with E-state index >= 15 is 0 Å². The van der Waals surface area contributed by atoms with Crippen LogP contribution in [-0.2, 0) is 11.3 Å². The van der Waals surface area contributed by atoms with E-state index in [1.807, 2.05) is 12.1 Å². The second-order valence-corrected chi connectivity index (χ2v) is 5.90. The van der Waals surface area contributed by atoms with Crippen molar-refractivity contribution >= 4 is 27.5 Å². The van der Waals surface area contributed by atoms with Gasteiger partial charge < -0.3 is 11.1 Å². The van der Waals surface area contributed by atoms with Gasteiger partial charge in [0.1, 0.15) is 0 Å². The highest BCUT2D eigenvalue weighted by atomic mass is 79.9. The van der Waals surface area contributed by atoms with E-state index in [-0.39, 0.29) is 11.9 Å². The van der Waals surface area contributed by atoms with Crippen LogP contribution in [0.4, 0.5) is 5.69 Å². The van der Waals surface area contributed by atoms with Crippen LogP contribution in [0.25, 0.3) is 0 Å². The first-order valence-corrected chi connectivity index (χ1v) is 7.40. The van der Waals surface area contributed by atoms with Crippen molar-refractivity contribution in [2.45, 2.75) is 31.8 Å². The van der Waals surface area contributed by atoms with Crippen LogP contribution in [0.3, 0.4) is 0 Å². The largest absolute Gasteiger partial charge is 0.399 e. The number of hydrogen-bond donors (Lipinski definition) is 2. The van der Waals surface area contributed by atoms with Crippen molar-refractivity contribution in [1.82, 2.24) is 10.2 Å². The fourth-order valence-electron chi connectivity index (χ4n) is 2.64. The van der Waals surface area contributed by atoms with E-state index in [1.165, 1.54) is 0 Å². The Bertz CT molecular complexity index is 444. The molecule has 1 saturated heterocycles. The molecule has 0 saturated carbocycles. The fourth-order valence-corrected chi connectivity index (χ4v) is 3.20. The summed E-state index contributed by atoms with van der Waals surface area (Å²) in [4.78, 5) is 14.2. The molecular formula is C14H20BrN3O. The molecule has 1 aliphatic heterocycles. The highest BCUT2D eigenvalue weighted by Crippen LogP contribution is 2.23. The average molecular weight is 326 g/mol. The van der Waals surface area contributed by atoms with E-state index in [4.69, 9.17) is 5.73 Å². The number of carbonyl (C=O) groups excluding carboxylic acids is 1. The maximum absolute atomic E-state index is 11.9. The molecule has 1 fully saturated rings. The lowest BCUT2D eigenvalue weighted by molar-refractivity contribution is -0.127. The molecule has 1 aromatic rings. The number of nitrogens with zero attached hydrogens (tertiary/aromatic N) is 1. The summed E-state index contributed by atoms with van der Waals surface area (Å²) in [5, 5.41) is 2.76. The van der Waals surface area contributed by atoms with Crippen LogP contribution in [0, 0.1) is 0 Å². The molecule has 1 amide bonds. The summed E-state index contributed by atoms with van der Waals surface area (Å²) < 4.78 is 0.982. The van der Waals surface area contributed by atoms with Gasteiger partial charge in [-0.3, -0.25) is 9.69 Å². The number of benzene rings is 1. The minimum Gasteiger partial charge on any atom is -0.399 e. The van der Waals surface area contributed by atoms with Gasteiger partial charge in [-0.25, -0.2) is 0 Å². The van der Waals surface area contributed by atoms with E-state index in [1.54, 1.807) is 7.05 Å². The van der Waals surface area contributed by atoms with Crippen molar-refractivity contribution in [3.05, 3.63) is 28.2 Å². The summed E-state index contributed by atoms with van der Waals surface area (Å²) in [6.07, 6.45) is 3.20. The van der Waals surface area contributed by atoms with Crippen molar-refractivity contribution in [2.24, 2.45) is 0 Å². The molecular weight excluding hydrogens is 306 g/mol. The number of carbonyl (C=O) groups is 1. The van der Waals surface area contributed by atoms with Crippen LogP contribution in [0.5, 0.6) is 0 Å². The van der Waals surface area contributed by atoms with Gasteiger partial charge in [0.05, 0.1) is 6.04 Å². The second-order valence-electron chi connectivity index (χ2n) is 4.99. The molecule has 0 aliphatic carbocycles. The van der Waals surface area contributed by atoms with Crippen LogP contribution in [-0.4, -0.2) is 30.4 Å². The van der Waals surface area contributed by atoms with Gasteiger partial charge in [0.2, 0.25) is 5.91 Å². The molecule has 0 bridgehead atoms. The number of nitrogens with two attached hydrogens (primary N) is 1. The van der Waals surface area contributed by atoms with Crippen LogP contribution in [0.15, 0.2) is 22.7 Å². The Hall–Kier alpha value is -1.07. The summed E-state index contributed by atoms with van der Waals surface area (Å²) in [5.74, 6) is 0.114. The number of piperidine rings is 1. The predicted octanol–water partition coefficient (Wildman–Crippen LogP) is 2.13. The number of hydrogen-bond acceptors (Lipinski definition) is 3. The van der Waals surface area contributed by atoms with Gasteiger partial charge in [0.15, 0.2) is 0 Å². The van der Waals surface area contributed by atoms with Gasteiger partial charge in [0.25, 0.3) is 0 Å². The molecule has 1 atom stereocenters. The molecule has 1 heterocycles. The van der Waals surface area contributed by atoms with Crippen molar-refractivity contribution in [2.75, 3.05) is 19.3 Å². The predicted molar refractivity (Wildman–Crippen MR) is 80.7 cm³/mol. The number of anilines is 1. The lowest BCUT2D eigenvalue weighted by Crippen LogP contribution is -2.48. The zero-order valence-corrected chi connectivity index (χ0v) is 12.7. The molecule has 0 radical (unpaired) electrons. The van der Waals surface area contributed by atoms with Crippen molar-refractivity contribution in [3.8, 4) is 0 Å². The molecule has 3 N–H and O–H groups in total. The molecule has 0 aromatic heterocycles. The van der Waals surface area contributed by atoms with E-state index in [9.17, 15) is 4.79 Å². The van der Waals surface area contributed by atoms with Crippen LogP contribution >= 0.6 is 15.9 Å². The molecule has 1 aromatic carbocycles. The maximum Gasteiger partial charge on any atom is 0.237 e. The number of likely N-dealkylation sites (tertiary alicyclic amines) is 1. The summed E-state index contributed by atoms with van der Waals surface area (Å²) in [6.45, 7) is 1.73. The van der Waals surface area contributed by atoms with Gasteiger partial charge in [-0.15, -0.1) is 0 Å². The zero-order chi connectivity index (χ0) is 13.8. The number of halogens is 1. The second kappa shape index (κ2) is 6.39. The van der Waals surface area contributed by atoms with Gasteiger partial charge in [-0.2, -0.15) is 0 Å². The standard InChI is InChI=1S/C14H20BrN3O/c1-17-14(19)13-4-2-3-5-18(13)9-10-6-11(15)8-12(16)7-10/h6-8,13H,2-5,9,16H2,1H3,(H,17,19). The number of rotatable bonds is 3. The van der Waals surface area contributed by atoms with Gasteiger partial charge in [0, 0.05) is 23.8 Å². The monoisotopic (exact) mass is 325 g/mol. The molecule has 1 unspecified atom stereocenters. The third kappa shape index (κ3) is 3.70. The van der Waals surface area contributed by atoms with E-state index < -0.39 is 0 Å². The van der Waals surface area contributed by atoms with Crippen LogP contribution < -0.4 is 11.1 Å². The normalized spacial score (nSPS) is 20.2. The number of likely N-dealkylation sites (N-methyl/N-ethyl adjacent to an activating group) is 1. The first kappa shape index (κ1) is 14.3. The first-order chi connectivity index (χ1) is 9.10. The van der Waals surface area contributed by atoms with Crippen molar-refractivity contribution in [3.63, 3.8) is 0 Å². The number of amides is 1. The smallest absolute Gasteiger partial charge is 0.237 e. The third-order valence-corrected chi connectivity index (χ3v) is 3.99. The summed E-state index contributed by atoms with van der Waals surface area (Å²) in [6, 6.07) is 5.90. The van der Waals surface area contributed by atoms with Crippen LogP contribution in [0.2, 0.25) is 0 Å². The fraction of sp³-hybridized carbons (Fsp3) is 0.500. The molecule has 19 heavy (non-hydrogen) atoms. The average Bonchev–Trinajstić information content (AvgIpc) is 2.37. The van der Waals surface area contributed by atoms with Crippen LogP contribution in [0.1, 0.15) is 24.8 Å². The summed E-state index contributed by atoms with van der Waals surface area (Å²) in [7, 11) is 1.70. The topological polar surface area (TPSA) is 58.4 Å². The van der Waals surface area contributed by atoms with Crippen molar-refractivity contribution in [1.29, 1.82) is 0 Å². The van der Waals surface area contributed by atoms with E-state index in [0.29, 0.717) is 0 Å². The minimum absolute atomic E-state index is 0.0149. The molecule has 104 valence electrons. The first-order valence-electron chi connectivity index (χ1n) is 6.60. The Morgan fingerprint density at radius 3 is 2.95 bits per heavy atom. The Morgan fingerprint density at radius 2 is 2.26 bits per heavy atom. The Labute approximate surface area is 122 Å². The number of nitrogen functional groups attached to an aromatic ring is 1. The third-order valence-electron chi connectivity index (χ3n) is 3.53. The highest BCUT2D eigenvalue weighted by Gasteiger charge is 2.27. The SMILES string of the molecule is CNC(=O)C1CCCCN1Cc1cc(N)cc(Br)c1. The highest BCUT2D eigenvalue weighted by molar-refractivity contribution is 9.10. The van der Waals surface area contributed by atoms with Gasteiger partial charge >= 0.3 is 0 Å². The Morgan fingerprint density at radius 1 is 1.47 bits per heavy atom. The molecule has 2 rings (SSSR count). The van der Waals surface area contributed by atoms with Gasteiger partial charge in [-0.1, -0.05) is 22.4 Å². The zero-order valence-electron chi connectivity index (χ0n) is 11.2. The lowest BCUT2D eigenvalue weighted by atomic mass is 10.0. The summed E-state index contributed by atoms with van der Waals surface area (Å²) >= 11 is 3.46. The van der Waals surface area contributed by atoms with Crippen molar-refractivity contribution < 1.29 is 4.79 Å². The summed E-state index contributed by atoms with van der Waals surface area (Å²) in [5.41, 5.74) is 7.75.